The highest BCUT2D eigenvalue weighted by Crippen LogP contribution is 2.42. The summed E-state index contributed by atoms with van der Waals surface area (Å²) >= 11 is 5.41. The van der Waals surface area contributed by atoms with E-state index in [-0.39, 0.29) is 67.7 Å². The second-order valence-electron chi connectivity index (χ2n) is 15.3. The summed E-state index contributed by atoms with van der Waals surface area (Å²) in [5.41, 5.74) is 0. The smallest absolute Gasteiger partial charge is 0.158 e. The fraction of sp³-hybridized carbons (Fsp3) is 0.786. The van der Waals surface area contributed by atoms with Gasteiger partial charge in [0, 0.05) is 50.1 Å². The molecule has 298 valence electrons. The molecule has 1 aromatic heterocycles. The van der Waals surface area contributed by atoms with Crippen molar-refractivity contribution < 1.29 is 42.7 Å². The van der Waals surface area contributed by atoms with Crippen molar-refractivity contribution in [1.82, 2.24) is 0 Å². The molecule has 0 N–H and O–H groups in total. The van der Waals surface area contributed by atoms with Crippen molar-refractivity contribution in [2.24, 2.45) is 11.8 Å². The topological polar surface area (TPSA) is 90.9 Å². The molecule has 1 aromatic rings. The first-order chi connectivity index (χ1) is 26.1. The lowest BCUT2D eigenvalue weighted by Gasteiger charge is -2.30. The van der Waals surface area contributed by atoms with Crippen molar-refractivity contribution in [2.45, 2.75) is 165 Å². The van der Waals surface area contributed by atoms with Crippen molar-refractivity contribution in [3.8, 4) is 0 Å². The minimum Gasteiger partial charge on any atom is -0.353 e. The van der Waals surface area contributed by atoms with Crippen LogP contribution in [0.3, 0.4) is 0 Å². The molecule has 1 aliphatic carbocycles. The molecule has 0 bridgehead atoms. The Hall–Kier alpha value is -0.990. The van der Waals surface area contributed by atoms with E-state index >= 15 is 0 Å². The Bertz CT molecular complexity index is 1230. The molecule has 5 fully saturated rings. The molecule has 0 radical (unpaired) electrons. The van der Waals surface area contributed by atoms with Gasteiger partial charge in [0.2, 0.25) is 0 Å². The molecule has 9 nitrogen and oxygen atoms in total. The van der Waals surface area contributed by atoms with Crippen molar-refractivity contribution >= 4 is 33.0 Å². The van der Waals surface area contributed by atoms with Gasteiger partial charge in [0.1, 0.15) is 6.61 Å². The molecular formula is C42H63BrO9S. The van der Waals surface area contributed by atoms with Gasteiger partial charge in [-0.15, -0.1) is 11.3 Å². The molecule has 6 rings (SSSR count). The molecule has 4 saturated heterocycles. The molecule has 4 unspecified atom stereocenters. The van der Waals surface area contributed by atoms with Gasteiger partial charge in [-0.25, -0.2) is 0 Å². The summed E-state index contributed by atoms with van der Waals surface area (Å²) in [6.45, 7) is 3.12. The third-order valence-electron chi connectivity index (χ3n) is 11.1. The minimum atomic E-state index is -0.224. The molecule has 11 heteroatoms. The maximum atomic E-state index is 12.5. The van der Waals surface area contributed by atoms with Crippen LogP contribution in [0.2, 0.25) is 0 Å². The number of carbonyl (C=O) groups excluding carboxylic acids is 1. The zero-order valence-corrected chi connectivity index (χ0v) is 34.0. The maximum Gasteiger partial charge on any atom is 0.158 e. The van der Waals surface area contributed by atoms with E-state index in [1.807, 2.05) is 0 Å². The quantitative estimate of drug-likeness (QED) is 0.0943. The number of carbonyl (C=O) groups is 1. The number of hydrogen-bond acceptors (Lipinski definition) is 10. The molecule has 0 amide bonds. The van der Waals surface area contributed by atoms with Gasteiger partial charge < -0.3 is 37.9 Å². The van der Waals surface area contributed by atoms with E-state index in [0.717, 1.165) is 146 Å². The highest BCUT2D eigenvalue weighted by molar-refractivity contribution is 9.11. The van der Waals surface area contributed by atoms with Gasteiger partial charge in [-0.1, -0.05) is 24.3 Å². The summed E-state index contributed by atoms with van der Waals surface area (Å²) in [7, 11) is 0. The Kier molecular flexibility index (Phi) is 18.3. The van der Waals surface area contributed by atoms with E-state index in [0.29, 0.717) is 6.42 Å². The van der Waals surface area contributed by atoms with Gasteiger partial charge in [-0.3, -0.25) is 4.79 Å². The third kappa shape index (κ3) is 14.5. The highest BCUT2D eigenvalue weighted by Gasteiger charge is 2.45. The largest absolute Gasteiger partial charge is 0.353 e. The van der Waals surface area contributed by atoms with Gasteiger partial charge >= 0.3 is 0 Å². The van der Waals surface area contributed by atoms with Crippen molar-refractivity contribution in [3.63, 3.8) is 0 Å². The molecule has 1 saturated carbocycles. The second-order valence-corrected chi connectivity index (χ2v) is 17.8. The normalized spacial score (nSPS) is 32.1. The number of Topliss-reactive ketones (excluding diaryl/α,β-unsaturated/α-hetero) is 1. The van der Waals surface area contributed by atoms with Crippen LogP contribution >= 0.6 is 27.3 Å². The van der Waals surface area contributed by atoms with E-state index in [1.54, 1.807) is 11.3 Å². The van der Waals surface area contributed by atoms with Crippen LogP contribution in [-0.2, 0) is 49.1 Å². The van der Waals surface area contributed by atoms with Gasteiger partial charge in [0.25, 0.3) is 0 Å². The summed E-state index contributed by atoms with van der Waals surface area (Å²) < 4.78 is 51.0. The molecule has 53 heavy (non-hydrogen) atoms. The van der Waals surface area contributed by atoms with Gasteiger partial charge in [-0.2, -0.15) is 0 Å². The van der Waals surface area contributed by atoms with Crippen LogP contribution < -0.4 is 0 Å². The number of halogens is 1. The number of hydrogen-bond donors (Lipinski definition) is 0. The van der Waals surface area contributed by atoms with Crippen LogP contribution in [0, 0.1) is 11.8 Å². The number of aryl methyl sites for hydroxylation is 1. The molecule has 0 spiro atoms. The lowest BCUT2D eigenvalue weighted by Crippen LogP contribution is -2.31. The Balaban J connectivity index is 1.12. The fourth-order valence-electron chi connectivity index (χ4n) is 8.12. The summed E-state index contributed by atoms with van der Waals surface area (Å²) in [6.07, 6.45) is 26.4. The van der Waals surface area contributed by atoms with E-state index in [1.165, 1.54) is 4.88 Å². The summed E-state index contributed by atoms with van der Waals surface area (Å²) in [5.74, 6) is 0.460. The molecule has 0 aromatic carbocycles. The Morgan fingerprint density at radius 1 is 0.811 bits per heavy atom. The lowest BCUT2D eigenvalue weighted by atomic mass is 9.89. The predicted octanol–water partition coefficient (Wildman–Crippen LogP) is 9.60. The zero-order valence-electron chi connectivity index (χ0n) is 31.6. The maximum absolute atomic E-state index is 12.5. The Labute approximate surface area is 329 Å². The van der Waals surface area contributed by atoms with Crippen LogP contribution in [-0.4, -0.2) is 82.3 Å². The Morgan fingerprint density at radius 2 is 1.45 bits per heavy atom. The number of rotatable bonds is 20. The Morgan fingerprint density at radius 3 is 2.08 bits per heavy atom. The summed E-state index contributed by atoms with van der Waals surface area (Å²) in [5, 5.41) is 0. The van der Waals surface area contributed by atoms with E-state index in [9.17, 15) is 4.79 Å². The first kappa shape index (κ1) is 41.6. The number of unbranched alkanes of at least 4 members (excludes halogenated alkanes) is 1. The van der Waals surface area contributed by atoms with Crippen LogP contribution in [0.4, 0.5) is 0 Å². The third-order valence-corrected chi connectivity index (χ3v) is 12.8. The standard InChI is InChI=1S/C42H63BrO9S/c43-38-24-22-33(53-38)21-19-32(50-40-16-6-10-26-46-40)20-23-35-34(14-4-2-1-3-13-31(44)30-49-39-15-5-9-25-45-39)36(51-41-17-7-11-27-47-41)29-37(35)52-42-18-8-12-28-48-42/h2,4,20,22-24,32,34-37,39-42H,1,3,5-19,21,25-30H2/b4-2-,23-20+/t32?,34-,35-,36+,37-,39?,40-,41?,42?/m1/s1. The number of ketones is 1. The lowest BCUT2D eigenvalue weighted by molar-refractivity contribution is -0.203. The van der Waals surface area contributed by atoms with Crippen LogP contribution in [0.1, 0.15) is 120 Å². The molecule has 5 aliphatic rings. The van der Waals surface area contributed by atoms with Crippen LogP contribution in [0.5, 0.6) is 0 Å². The average Bonchev–Trinajstić information content (AvgIpc) is 3.76. The highest BCUT2D eigenvalue weighted by atomic mass is 79.9. The van der Waals surface area contributed by atoms with Crippen LogP contribution in [0.25, 0.3) is 0 Å². The number of thiophene rings is 1. The monoisotopic (exact) mass is 822 g/mol. The predicted molar refractivity (Wildman–Crippen MR) is 209 cm³/mol. The average molecular weight is 824 g/mol. The van der Waals surface area contributed by atoms with Crippen molar-refractivity contribution in [1.29, 1.82) is 0 Å². The van der Waals surface area contributed by atoms with Gasteiger partial charge in [-0.05, 0) is 143 Å². The van der Waals surface area contributed by atoms with E-state index in [2.05, 4.69) is 52.4 Å². The SMILES string of the molecule is O=C(CCC/C=C\C[C@@H]1[C@@H](/C=C/C(CCc2ccc(Br)s2)O[C@@H]2CCCCO2)[C@H](OC2CCCCO2)C[C@@H]1OC1CCCCO1)COC1CCCCO1. The van der Waals surface area contributed by atoms with Crippen molar-refractivity contribution in [2.75, 3.05) is 33.0 Å². The summed E-state index contributed by atoms with van der Waals surface area (Å²) in [4.78, 5) is 13.8. The molecule has 4 aliphatic heterocycles. The summed E-state index contributed by atoms with van der Waals surface area (Å²) in [6, 6.07) is 4.32. The first-order valence-corrected chi connectivity index (χ1v) is 22.3. The van der Waals surface area contributed by atoms with Crippen molar-refractivity contribution in [3.05, 3.63) is 45.1 Å². The van der Waals surface area contributed by atoms with Crippen LogP contribution in [0.15, 0.2) is 40.2 Å². The van der Waals surface area contributed by atoms with E-state index in [4.69, 9.17) is 37.9 Å². The fourth-order valence-corrected chi connectivity index (χ4v) is 9.62. The molecule has 5 heterocycles. The second kappa shape index (κ2) is 23.3. The molecular weight excluding hydrogens is 760 g/mol. The van der Waals surface area contributed by atoms with E-state index < -0.39 is 0 Å². The minimum absolute atomic E-state index is 0.00348. The van der Waals surface area contributed by atoms with Gasteiger partial charge in [0.15, 0.2) is 30.9 Å². The number of ether oxygens (including phenoxy) is 8. The number of allylic oxidation sites excluding steroid dienone is 2. The first-order valence-electron chi connectivity index (χ1n) is 20.7. The molecule has 9 atom stereocenters. The zero-order chi connectivity index (χ0) is 36.5. The van der Waals surface area contributed by atoms with Gasteiger partial charge in [0.05, 0.1) is 22.1 Å².